The molecule has 0 aromatic heterocycles. The van der Waals surface area contributed by atoms with Crippen molar-refractivity contribution in [2.75, 3.05) is 13.2 Å². The number of rotatable bonds is 7. The fraction of sp³-hybridized carbons (Fsp3) is 0.444. The minimum atomic E-state index is -1.03. The van der Waals surface area contributed by atoms with E-state index in [-0.39, 0.29) is 24.3 Å². The fourth-order valence-electron chi connectivity index (χ4n) is 5.27. The van der Waals surface area contributed by atoms with Crippen LogP contribution in [0.3, 0.4) is 0 Å². The molecule has 2 aromatic carbocycles. The number of carboxylic acid groups (broad SMARTS) is 1. The Morgan fingerprint density at radius 1 is 1.06 bits per heavy atom. The predicted molar refractivity (Wildman–Crippen MR) is 128 cm³/mol. The molecular weight excluding hydrogens is 432 g/mol. The minimum Gasteiger partial charge on any atom is -0.480 e. The first-order valence-electron chi connectivity index (χ1n) is 11.7. The molecule has 1 aliphatic carbocycles. The van der Waals surface area contributed by atoms with Crippen molar-refractivity contribution >= 4 is 18.0 Å². The van der Waals surface area contributed by atoms with Gasteiger partial charge in [0.25, 0.3) is 0 Å². The molecule has 1 heterocycles. The number of benzene rings is 2. The lowest BCUT2D eigenvalue weighted by molar-refractivity contribution is -0.173. The number of carboxylic acids is 1. The summed E-state index contributed by atoms with van der Waals surface area (Å²) in [5.74, 6) is -1.37. The number of likely N-dealkylation sites (tertiary alicyclic amines) is 1. The van der Waals surface area contributed by atoms with Crippen molar-refractivity contribution in [1.82, 2.24) is 10.2 Å². The SMILES string of the molecule is CC(C)CC(NC(=O)OCC1c2ccccc2-c2ccccc21)C(=O)N1CC(C)(C)C1C(=O)O. The Hall–Kier alpha value is -3.35. The molecule has 1 fully saturated rings. The molecule has 7 heteroatoms. The van der Waals surface area contributed by atoms with E-state index in [9.17, 15) is 19.5 Å². The highest BCUT2D eigenvalue weighted by Gasteiger charge is 2.53. The molecule has 7 nitrogen and oxygen atoms in total. The second kappa shape index (κ2) is 9.12. The monoisotopic (exact) mass is 464 g/mol. The number of hydrogen-bond donors (Lipinski definition) is 2. The summed E-state index contributed by atoms with van der Waals surface area (Å²) >= 11 is 0. The van der Waals surface area contributed by atoms with Crippen LogP contribution in [0.5, 0.6) is 0 Å². The molecule has 2 atom stereocenters. The molecule has 2 unspecified atom stereocenters. The van der Waals surface area contributed by atoms with Gasteiger partial charge in [-0.2, -0.15) is 0 Å². The number of aliphatic carboxylic acids is 1. The second-order valence-corrected chi connectivity index (χ2v) is 10.3. The van der Waals surface area contributed by atoms with E-state index >= 15 is 0 Å². The van der Waals surface area contributed by atoms with Crippen molar-refractivity contribution in [2.45, 2.75) is 52.1 Å². The summed E-state index contributed by atoms with van der Waals surface area (Å²) in [6.45, 7) is 8.04. The zero-order valence-corrected chi connectivity index (χ0v) is 20.1. The van der Waals surface area contributed by atoms with Crippen LogP contribution in [0.25, 0.3) is 11.1 Å². The molecular formula is C27H32N2O5. The first-order chi connectivity index (χ1) is 16.1. The van der Waals surface area contributed by atoms with Crippen LogP contribution in [-0.4, -0.2) is 53.2 Å². The van der Waals surface area contributed by atoms with Gasteiger partial charge in [0.1, 0.15) is 18.7 Å². The molecule has 2 amide bonds. The van der Waals surface area contributed by atoms with Gasteiger partial charge in [0.05, 0.1) is 0 Å². The highest BCUT2D eigenvalue weighted by molar-refractivity contribution is 5.91. The number of alkyl carbamates (subject to hydrolysis) is 1. The Bertz CT molecular complexity index is 1060. The van der Waals surface area contributed by atoms with Crippen molar-refractivity contribution < 1.29 is 24.2 Å². The molecule has 0 bridgehead atoms. The standard InChI is InChI=1S/C27H32N2O5/c1-16(2)13-22(24(30)29-15-27(3,4)23(29)25(31)32)28-26(33)34-14-21-19-11-7-5-9-17(19)18-10-6-8-12-20(18)21/h5-12,16,21-23H,13-15H2,1-4H3,(H,28,33)(H,31,32). The summed E-state index contributed by atoms with van der Waals surface area (Å²) in [6, 6.07) is 14.4. The zero-order chi connectivity index (χ0) is 24.6. The van der Waals surface area contributed by atoms with Gasteiger partial charge in [-0.15, -0.1) is 0 Å². The molecule has 2 aromatic rings. The number of carbonyl (C=O) groups is 3. The van der Waals surface area contributed by atoms with Gasteiger partial charge in [-0.1, -0.05) is 76.2 Å². The number of hydrogen-bond acceptors (Lipinski definition) is 4. The average molecular weight is 465 g/mol. The third-order valence-corrected chi connectivity index (χ3v) is 6.79. The molecule has 0 spiro atoms. The van der Waals surface area contributed by atoms with E-state index in [0.29, 0.717) is 13.0 Å². The molecule has 0 saturated carbocycles. The Kier molecular flexibility index (Phi) is 6.39. The number of fused-ring (bicyclic) bond motifs is 3. The Morgan fingerprint density at radius 3 is 2.12 bits per heavy atom. The zero-order valence-electron chi connectivity index (χ0n) is 20.1. The summed E-state index contributed by atoms with van der Waals surface area (Å²) in [4.78, 5) is 39.0. The minimum absolute atomic E-state index is 0.0787. The fourth-order valence-corrected chi connectivity index (χ4v) is 5.27. The topological polar surface area (TPSA) is 95.9 Å². The van der Waals surface area contributed by atoms with Crippen molar-refractivity contribution in [2.24, 2.45) is 11.3 Å². The molecule has 34 heavy (non-hydrogen) atoms. The van der Waals surface area contributed by atoms with E-state index < -0.39 is 29.6 Å². The number of ether oxygens (including phenoxy) is 1. The van der Waals surface area contributed by atoms with Crippen molar-refractivity contribution in [3.05, 3.63) is 59.7 Å². The van der Waals surface area contributed by atoms with Crippen molar-refractivity contribution in [3.63, 3.8) is 0 Å². The van der Waals surface area contributed by atoms with Crippen molar-refractivity contribution in [1.29, 1.82) is 0 Å². The first kappa shape index (κ1) is 23.8. The van der Waals surface area contributed by atoms with Gasteiger partial charge < -0.3 is 20.1 Å². The Labute approximate surface area is 200 Å². The van der Waals surface area contributed by atoms with E-state index in [2.05, 4.69) is 17.4 Å². The Morgan fingerprint density at radius 2 is 1.62 bits per heavy atom. The van der Waals surface area contributed by atoms with E-state index in [1.54, 1.807) is 0 Å². The lowest BCUT2D eigenvalue weighted by Gasteiger charge is -2.52. The summed E-state index contributed by atoms with van der Waals surface area (Å²) in [5, 5.41) is 12.3. The van der Waals surface area contributed by atoms with Crippen LogP contribution in [-0.2, 0) is 14.3 Å². The number of amides is 2. The van der Waals surface area contributed by atoms with E-state index in [0.717, 1.165) is 22.3 Å². The van der Waals surface area contributed by atoms with Gasteiger partial charge >= 0.3 is 12.1 Å². The highest BCUT2D eigenvalue weighted by Crippen LogP contribution is 2.44. The van der Waals surface area contributed by atoms with E-state index in [1.807, 2.05) is 64.1 Å². The quantitative estimate of drug-likeness (QED) is 0.638. The number of nitrogens with one attached hydrogen (secondary N) is 1. The maximum absolute atomic E-state index is 13.2. The largest absolute Gasteiger partial charge is 0.480 e. The highest BCUT2D eigenvalue weighted by atomic mass is 16.5. The summed E-state index contributed by atoms with van der Waals surface area (Å²) in [6.07, 6.45) is -0.278. The maximum Gasteiger partial charge on any atom is 0.407 e. The smallest absolute Gasteiger partial charge is 0.407 e. The van der Waals surface area contributed by atoms with Crippen LogP contribution in [0, 0.1) is 11.3 Å². The molecule has 4 rings (SSSR count). The Balaban J connectivity index is 1.44. The second-order valence-electron chi connectivity index (χ2n) is 10.3. The summed E-state index contributed by atoms with van der Waals surface area (Å²) in [7, 11) is 0. The third kappa shape index (κ3) is 4.39. The van der Waals surface area contributed by atoms with Crippen LogP contribution in [0.1, 0.15) is 51.2 Å². The lowest BCUT2D eigenvalue weighted by atomic mass is 9.74. The molecule has 0 radical (unpaired) electrons. The number of carbonyl (C=O) groups excluding carboxylic acids is 2. The normalized spacial score (nSPS) is 19.1. The van der Waals surface area contributed by atoms with Gasteiger partial charge in [-0.25, -0.2) is 9.59 Å². The maximum atomic E-state index is 13.2. The summed E-state index contributed by atoms with van der Waals surface area (Å²) < 4.78 is 5.61. The van der Waals surface area contributed by atoms with Crippen LogP contribution >= 0.6 is 0 Å². The van der Waals surface area contributed by atoms with Crippen molar-refractivity contribution in [3.8, 4) is 11.1 Å². The predicted octanol–water partition coefficient (Wildman–Crippen LogP) is 4.26. The van der Waals surface area contributed by atoms with E-state index in [1.165, 1.54) is 4.90 Å². The third-order valence-electron chi connectivity index (χ3n) is 6.79. The summed E-state index contributed by atoms with van der Waals surface area (Å²) in [5.41, 5.74) is 3.99. The van der Waals surface area contributed by atoms with Crippen LogP contribution in [0.2, 0.25) is 0 Å². The van der Waals surface area contributed by atoms with Crippen LogP contribution in [0.4, 0.5) is 4.79 Å². The van der Waals surface area contributed by atoms with Gasteiger partial charge in [0.2, 0.25) is 5.91 Å². The number of nitrogens with zero attached hydrogens (tertiary/aromatic N) is 1. The van der Waals surface area contributed by atoms with Gasteiger partial charge in [0, 0.05) is 17.9 Å². The molecule has 2 N–H and O–H groups in total. The molecule has 1 saturated heterocycles. The molecule has 1 aliphatic heterocycles. The van der Waals surface area contributed by atoms with Gasteiger partial charge in [0.15, 0.2) is 0 Å². The average Bonchev–Trinajstić information content (AvgIpc) is 3.08. The van der Waals surface area contributed by atoms with Gasteiger partial charge in [-0.05, 0) is 34.6 Å². The molecule has 2 aliphatic rings. The lowest BCUT2D eigenvalue weighted by Crippen LogP contribution is -2.69. The van der Waals surface area contributed by atoms with E-state index in [4.69, 9.17) is 4.74 Å². The van der Waals surface area contributed by atoms with Crippen LogP contribution in [0.15, 0.2) is 48.5 Å². The first-order valence-corrected chi connectivity index (χ1v) is 11.7. The molecule has 180 valence electrons. The van der Waals surface area contributed by atoms with Gasteiger partial charge in [-0.3, -0.25) is 4.79 Å². The van der Waals surface area contributed by atoms with Crippen LogP contribution < -0.4 is 5.32 Å².